The lowest BCUT2D eigenvalue weighted by Gasteiger charge is -2.15. The van der Waals surface area contributed by atoms with E-state index in [0.29, 0.717) is 37.6 Å². The molecule has 0 aliphatic carbocycles. The average Bonchev–Trinajstić information content (AvgIpc) is 2.84. The number of ether oxygens (including phenoxy) is 3. The smallest absolute Gasteiger partial charge is 0.303 e. The van der Waals surface area contributed by atoms with Gasteiger partial charge in [0.25, 0.3) is 0 Å². The number of halogens is 1. The van der Waals surface area contributed by atoms with Gasteiger partial charge in [0.15, 0.2) is 11.6 Å². The highest BCUT2D eigenvalue weighted by Gasteiger charge is 2.13. The summed E-state index contributed by atoms with van der Waals surface area (Å²) in [5.41, 5.74) is 3.34. The van der Waals surface area contributed by atoms with Gasteiger partial charge < -0.3 is 24.4 Å². The van der Waals surface area contributed by atoms with Crippen molar-refractivity contribution >= 4 is 5.97 Å². The molecule has 0 aromatic heterocycles. The van der Waals surface area contributed by atoms with E-state index >= 15 is 0 Å². The summed E-state index contributed by atoms with van der Waals surface area (Å²) >= 11 is 0. The van der Waals surface area contributed by atoms with Crippen LogP contribution in [0.2, 0.25) is 0 Å². The van der Waals surface area contributed by atoms with E-state index in [1.54, 1.807) is 19.2 Å². The Hall–Kier alpha value is -3.74. The molecule has 0 saturated heterocycles. The van der Waals surface area contributed by atoms with Crippen LogP contribution in [-0.2, 0) is 17.6 Å². The van der Waals surface area contributed by atoms with Crippen LogP contribution in [0.1, 0.15) is 30.9 Å². The third-order valence-electron chi connectivity index (χ3n) is 5.42. The quantitative estimate of drug-likeness (QED) is 0.335. The molecule has 180 valence electrons. The van der Waals surface area contributed by atoms with Gasteiger partial charge in [-0.2, -0.15) is 0 Å². The van der Waals surface area contributed by atoms with E-state index in [9.17, 15) is 14.3 Å². The van der Waals surface area contributed by atoms with E-state index in [1.807, 2.05) is 37.3 Å². The Morgan fingerprint density at radius 1 is 0.941 bits per heavy atom. The van der Waals surface area contributed by atoms with Crippen LogP contribution in [0.15, 0.2) is 54.6 Å². The van der Waals surface area contributed by atoms with Crippen LogP contribution in [0, 0.1) is 5.82 Å². The van der Waals surface area contributed by atoms with E-state index in [4.69, 9.17) is 19.3 Å². The lowest BCUT2D eigenvalue weighted by molar-refractivity contribution is -0.136. The van der Waals surface area contributed by atoms with Gasteiger partial charge in [0.05, 0.1) is 20.3 Å². The number of carbonyl (C=O) groups is 1. The third kappa shape index (κ3) is 6.41. The number of aryl methyl sites for hydroxylation is 1. The molecule has 6 nitrogen and oxygen atoms in total. The predicted molar refractivity (Wildman–Crippen MR) is 127 cm³/mol. The number of hydrogen-bond acceptors (Lipinski definition) is 5. The lowest BCUT2D eigenvalue weighted by Crippen LogP contribution is -2.08. The molecule has 0 heterocycles. The Morgan fingerprint density at radius 2 is 1.62 bits per heavy atom. The average molecular weight is 469 g/mol. The normalized spacial score (nSPS) is 10.7. The monoisotopic (exact) mass is 468 g/mol. The van der Waals surface area contributed by atoms with E-state index in [2.05, 4.69) is 0 Å². The zero-order valence-corrected chi connectivity index (χ0v) is 19.3. The summed E-state index contributed by atoms with van der Waals surface area (Å²) in [7, 11) is 1.55. The molecule has 3 aromatic rings. The summed E-state index contributed by atoms with van der Waals surface area (Å²) < 4.78 is 30.6. The fourth-order valence-corrected chi connectivity index (χ4v) is 3.64. The highest BCUT2D eigenvalue weighted by molar-refractivity contribution is 5.68. The molecule has 0 spiro atoms. The van der Waals surface area contributed by atoms with Crippen molar-refractivity contribution in [2.24, 2.45) is 0 Å². The number of aliphatic carboxylic acids is 1. The van der Waals surface area contributed by atoms with Crippen LogP contribution in [0.5, 0.6) is 23.0 Å². The minimum atomic E-state index is -0.876. The molecule has 34 heavy (non-hydrogen) atoms. The molecule has 0 aliphatic rings. The molecule has 0 atom stereocenters. The molecule has 3 rings (SSSR count). The topological polar surface area (TPSA) is 85.2 Å². The summed E-state index contributed by atoms with van der Waals surface area (Å²) in [6, 6.07) is 15.4. The maximum absolute atomic E-state index is 13.4. The molecule has 0 saturated carbocycles. The Balaban J connectivity index is 1.58. The first-order valence-corrected chi connectivity index (χ1v) is 11.2. The molecule has 0 aliphatic heterocycles. The zero-order chi connectivity index (χ0) is 24.5. The van der Waals surface area contributed by atoms with Gasteiger partial charge in [0.2, 0.25) is 0 Å². The van der Waals surface area contributed by atoms with Gasteiger partial charge in [0.1, 0.15) is 17.2 Å². The second-order valence-corrected chi connectivity index (χ2v) is 7.72. The SMILES string of the molecule is CCc1cc(-c2ccc(F)c(O)c2)ccc1OCCCOc1cccc(OC)c1CCC(=O)O. The van der Waals surface area contributed by atoms with Gasteiger partial charge >= 0.3 is 5.97 Å². The van der Waals surface area contributed by atoms with Gasteiger partial charge in [-0.15, -0.1) is 0 Å². The Bertz CT molecular complexity index is 1130. The zero-order valence-electron chi connectivity index (χ0n) is 19.3. The van der Waals surface area contributed by atoms with E-state index in [0.717, 1.165) is 34.4 Å². The largest absolute Gasteiger partial charge is 0.505 e. The van der Waals surface area contributed by atoms with E-state index < -0.39 is 11.8 Å². The Morgan fingerprint density at radius 3 is 2.29 bits per heavy atom. The first kappa shape index (κ1) is 24.9. The van der Waals surface area contributed by atoms with E-state index in [1.165, 1.54) is 12.1 Å². The molecule has 7 heteroatoms. The van der Waals surface area contributed by atoms with Crippen LogP contribution in [-0.4, -0.2) is 36.5 Å². The third-order valence-corrected chi connectivity index (χ3v) is 5.42. The number of methoxy groups -OCH3 is 1. The van der Waals surface area contributed by atoms with Crippen molar-refractivity contribution in [1.29, 1.82) is 0 Å². The minimum absolute atomic E-state index is 0.00677. The lowest BCUT2D eigenvalue weighted by atomic mass is 10.0. The molecule has 0 radical (unpaired) electrons. The number of aromatic hydroxyl groups is 1. The molecule has 2 N–H and O–H groups in total. The Kier molecular flexibility index (Phi) is 8.73. The maximum Gasteiger partial charge on any atom is 0.303 e. The number of benzene rings is 3. The molecule has 0 unspecified atom stereocenters. The standard InChI is InChI=1S/C27H29FO6/c1-3-18-16-19(20-8-11-22(28)23(29)17-20)9-12-24(18)33-14-5-15-34-26-7-4-6-25(32-2)21(26)10-13-27(30)31/h4,6-9,11-12,16-17,29H,3,5,10,13-15H2,1-2H3,(H,30,31). The molecule has 0 fully saturated rings. The van der Waals surface area contributed by atoms with Crippen LogP contribution in [0.25, 0.3) is 11.1 Å². The Labute approximate surface area is 198 Å². The first-order valence-electron chi connectivity index (χ1n) is 11.2. The summed E-state index contributed by atoms with van der Waals surface area (Å²) in [5.74, 6) is 0.0851. The fourth-order valence-electron chi connectivity index (χ4n) is 3.64. The van der Waals surface area contributed by atoms with Gasteiger partial charge in [-0.3, -0.25) is 4.79 Å². The number of carboxylic acids is 1. The number of phenols is 1. The second kappa shape index (κ2) is 11.9. The number of rotatable bonds is 12. The van der Waals surface area contributed by atoms with Crippen LogP contribution >= 0.6 is 0 Å². The number of hydrogen-bond donors (Lipinski definition) is 2. The highest BCUT2D eigenvalue weighted by Crippen LogP contribution is 2.31. The second-order valence-electron chi connectivity index (χ2n) is 7.72. The summed E-state index contributed by atoms with van der Waals surface area (Å²) in [4.78, 5) is 11.0. The van der Waals surface area contributed by atoms with Crippen molar-refractivity contribution in [2.75, 3.05) is 20.3 Å². The van der Waals surface area contributed by atoms with Crippen molar-refractivity contribution in [3.8, 4) is 34.1 Å². The fraction of sp³-hybridized carbons (Fsp3) is 0.296. The van der Waals surface area contributed by atoms with Gasteiger partial charge in [-0.05, 0) is 65.9 Å². The number of phenolic OH excluding ortho intramolecular Hbond substituents is 1. The summed E-state index contributed by atoms with van der Waals surface area (Å²) in [5, 5.41) is 18.7. The predicted octanol–water partition coefficient (Wildman–Crippen LogP) is 5.63. The molecular weight excluding hydrogens is 439 g/mol. The molecule has 0 amide bonds. The van der Waals surface area contributed by atoms with Crippen molar-refractivity contribution < 1.29 is 33.6 Å². The molecule has 0 bridgehead atoms. The summed E-state index contributed by atoms with van der Waals surface area (Å²) in [6.07, 6.45) is 1.70. The molecular formula is C27H29FO6. The van der Waals surface area contributed by atoms with Crippen LogP contribution in [0.3, 0.4) is 0 Å². The van der Waals surface area contributed by atoms with Gasteiger partial charge in [-0.1, -0.05) is 25.1 Å². The highest BCUT2D eigenvalue weighted by atomic mass is 19.1. The summed E-state index contributed by atoms with van der Waals surface area (Å²) in [6.45, 7) is 2.87. The maximum atomic E-state index is 13.4. The van der Waals surface area contributed by atoms with Crippen molar-refractivity contribution in [3.63, 3.8) is 0 Å². The molecule has 3 aromatic carbocycles. The first-order chi connectivity index (χ1) is 16.4. The van der Waals surface area contributed by atoms with Crippen LogP contribution < -0.4 is 14.2 Å². The van der Waals surface area contributed by atoms with Gasteiger partial charge in [-0.25, -0.2) is 4.39 Å². The number of carboxylic acid groups (broad SMARTS) is 1. The van der Waals surface area contributed by atoms with Gasteiger partial charge in [0, 0.05) is 18.4 Å². The van der Waals surface area contributed by atoms with Crippen LogP contribution in [0.4, 0.5) is 4.39 Å². The minimum Gasteiger partial charge on any atom is -0.505 e. The van der Waals surface area contributed by atoms with Crippen molar-refractivity contribution in [2.45, 2.75) is 32.6 Å². The van der Waals surface area contributed by atoms with Crippen molar-refractivity contribution in [3.05, 3.63) is 71.5 Å². The van der Waals surface area contributed by atoms with Crippen molar-refractivity contribution in [1.82, 2.24) is 0 Å². The van der Waals surface area contributed by atoms with E-state index in [-0.39, 0.29) is 12.2 Å².